The first-order chi connectivity index (χ1) is 27.4. The molecule has 57 heavy (non-hydrogen) atoms. The first-order valence-electron chi connectivity index (χ1n) is 19.2. The van der Waals surface area contributed by atoms with Crippen molar-refractivity contribution in [1.29, 1.82) is 0 Å². The van der Waals surface area contributed by atoms with Gasteiger partial charge in [-0.15, -0.1) is 0 Å². The summed E-state index contributed by atoms with van der Waals surface area (Å²) in [5.41, 5.74) is 3.64. The predicted molar refractivity (Wildman–Crippen MR) is 206 cm³/mol. The van der Waals surface area contributed by atoms with Gasteiger partial charge in [-0.2, -0.15) is 0 Å². The second-order valence-corrected chi connectivity index (χ2v) is 15.3. The fourth-order valence-electron chi connectivity index (χ4n) is 8.32. The van der Waals surface area contributed by atoms with Crippen molar-refractivity contribution in [3.8, 4) is 11.3 Å². The SMILES string of the molecule is Cc1nc2c(F)cc(-c3nc(Nc4ccc(CN5CCN(Cc6cc(F)c7c(c6)CN(C6CCC(C(=O)C=O)NC6)C7=O)CC5)cn4)ncc3F)cc2n1C(C)C. The van der Waals surface area contributed by atoms with E-state index in [1.165, 1.54) is 12.1 Å². The van der Waals surface area contributed by atoms with Gasteiger partial charge in [0.15, 0.2) is 17.9 Å². The molecule has 6 heterocycles. The van der Waals surface area contributed by atoms with Crippen molar-refractivity contribution < 1.29 is 27.6 Å². The Kier molecular flexibility index (Phi) is 10.6. The molecule has 0 radical (unpaired) electrons. The number of rotatable bonds is 11. The number of halogens is 3. The summed E-state index contributed by atoms with van der Waals surface area (Å²) in [5, 5.41) is 6.09. The van der Waals surface area contributed by atoms with Crippen LogP contribution in [0, 0.1) is 24.4 Å². The fraction of sp³-hybridized carbons (Fsp3) is 0.390. The molecule has 0 aliphatic carbocycles. The van der Waals surface area contributed by atoms with Gasteiger partial charge >= 0.3 is 0 Å². The zero-order valence-electron chi connectivity index (χ0n) is 31.9. The van der Waals surface area contributed by atoms with Gasteiger partial charge < -0.3 is 20.1 Å². The maximum Gasteiger partial charge on any atom is 0.257 e. The molecule has 0 spiro atoms. The summed E-state index contributed by atoms with van der Waals surface area (Å²) < 4.78 is 47.4. The molecule has 2 unspecified atom stereocenters. The van der Waals surface area contributed by atoms with Crippen LogP contribution in [0.15, 0.2) is 48.8 Å². The number of carbonyl (C=O) groups excluding carboxylic acids is 3. The van der Waals surface area contributed by atoms with Crippen LogP contribution in [0.25, 0.3) is 22.3 Å². The average molecular weight is 781 g/mol. The first kappa shape index (κ1) is 38.3. The highest BCUT2D eigenvalue weighted by Crippen LogP contribution is 2.32. The van der Waals surface area contributed by atoms with Gasteiger partial charge in [0.2, 0.25) is 11.7 Å². The standard InChI is InChI=1S/C41H43F3N10O3/c1-23(2)54-24(3)48-39-31(43)14-27(15-34(39)54)38-32(44)18-47-41(50-38)49-36-7-4-25(16-46-36)19-51-8-10-52(11-9-51)20-26-12-28-21-53(40(57)37(28)30(42)13-26)29-5-6-33(45-17-29)35(56)22-55/h4,7,12-16,18,22-23,29,33,45H,5-6,8-11,17,19-21H2,1-3H3,(H,46,47,49,50). The van der Waals surface area contributed by atoms with E-state index in [0.29, 0.717) is 68.0 Å². The summed E-state index contributed by atoms with van der Waals surface area (Å²) >= 11 is 0. The molecule has 3 aliphatic rings. The van der Waals surface area contributed by atoms with E-state index in [1.807, 2.05) is 37.5 Å². The molecule has 3 aromatic heterocycles. The molecule has 2 atom stereocenters. The Labute approximate surface area is 327 Å². The lowest BCUT2D eigenvalue weighted by Gasteiger charge is -2.34. The molecule has 2 fully saturated rings. The second kappa shape index (κ2) is 15.8. The number of Topliss-reactive ketones (excluding diaryl/α,β-unsaturated/α-hetero) is 1. The van der Waals surface area contributed by atoms with Crippen molar-refractivity contribution in [2.75, 3.05) is 38.0 Å². The number of fused-ring (bicyclic) bond motifs is 2. The van der Waals surface area contributed by atoms with E-state index < -0.39 is 29.3 Å². The number of pyridine rings is 1. The van der Waals surface area contributed by atoms with Gasteiger partial charge in [0.1, 0.15) is 28.7 Å². The number of piperidine rings is 1. The number of ketones is 1. The van der Waals surface area contributed by atoms with E-state index >= 15 is 13.2 Å². The van der Waals surface area contributed by atoms with Gasteiger partial charge in [-0.05, 0) is 74.6 Å². The Bertz CT molecular complexity index is 2350. The van der Waals surface area contributed by atoms with E-state index in [9.17, 15) is 14.4 Å². The van der Waals surface area contributed by atoms with Gasteiger partial charge in [-0.3, -0.25) is 24.2 Å². The number of imidazole rings is 1. The molecule has 13 nitrogen and oxygen atoms in total. The van der Waals surface area contributed by atoms with Crippen molar-refractivity contribution in [3.05, 3.63) is 94.3 Å². The normalized spacial score (nSPS) is 19.1. The van der Waals surface area contributed by atoms with Gasteiger partial charge in [0.05, 0.1) is 23.3 Å². The third kappa shape index (κ3) is 7.76. The fourth-order valence-corrected chi connectivity index (χ4v) is 8.32. The van der Waals surface area contributed by atoms with Crippen LogP contribution in [0.1, 0.15) is 65.6 Å². The van der Waals surface area contributed by atoms with Crippen molar-refractivity contribution in [3.63, 3.8) is 0 Å². The molecular weight excluding hydrogens is 738 g/mol. The maximum absolute atomic E-state index is 15.3. The Morgan fingerprint density at radius 3 is 2.35 bits per heavy atom. The number of aldehydes is 1. The molecule has 16 heteroatoms. The molecule has 296 valence electrons. The van der Waals surface area contributed by atoms with Gasteiger partial charge in [0, 0.05) is 76.2 Å². The molecule has 2 aromatic carbocycles. The van der Waals surface area contributed by atoms with Gasteiger partial charge in [-0.1, -0.05) is 12.1 Å². The van der Waals surface area contributed by atoms with E-state index in [0.717, 1.165) is 43.5 Å². The van der Waals surface area contributed by atoms with Crippen molar-refractivity contribution >= 4 is 40.8 Å². The number of carbonyl (C=O) groups is 3. The third-order valence-corrected chi connectivity index (χ3v) is 11.1. The zero-order chi connectivity index (χ0) is 40.0. The van der Waals surface area contributed by atoms with Gasteiger partial charge in [0.25, 0.3) is 5.91 Å². The second-order valence-electron chi connectivity index (χ2n) is 15.3. The molecule has 2 saturated heterocycles. The van der Waals surface area contributed by atoms with Crippen LogP contribution in [0.4, 0.5) is 24.9 Å². The number of aryl methyl sites for hydroxylation is 1. The van der Waals surface area contributed by atoms with E-state index in [2.05, 4.69) is 40.4 Å². The van der Waals surface area contributed by atoms with Crippen LogP contribution in [-0.2, 0) is 29.2 Å². The van der Waals surface area contributed by atoms with Crippen molar-refractivity contribution in [2.45, 2.75) is 71.4 Å². The molecular formula is C41H43F3N10O3. The third-order valence-electron chi connectivity index (χ3n) is 11.1. The molecule has 0 saturated carbocycles. The lowest BCUT2D eigenvalue weighted by Crippen LogP contribution is -2.52. The van der Waals surface area contributed by atoms with Crippen LogP contribution in [0.3, 0.4) is 0 Å². The quantitative estimate of drug-likeness (QED) is 0.137. The zero-order valence-corrected chi connectivity index (χ0v) is 31.9. The van der Waals surface area contributed by atoms with Gasteiger partial charge in [-0.25, -0.2) is 33.1 Å². The molecule has 1 amide bonds. The lowest BCUT2D eigenvalue weighted by atomic mass is 9.97. The molecule has 3 aliphatic heterocycles. The highest BCUT2D eigenvalue weighted by molar-refractivity contribution is 6.27. The van der Waals surface area contributed by atoms with Crippen LogP contribution in [-0.4, -0.2) is 102 Å². The van der Waals surface area contributed by atoms with Crippen molar-refractivity contribution in [1.82, 2.24) is 44.5 Å². The smallest absolute Gasteiger partial charge is 0.257 e. The number of piperazine rings is 1. The lowest BCUT2D eigenvalue weighted by molar-refractivity contribution is -0.131. The number of amides is 1. The van der Waals surface area contributed by atoms with E-state index in [4.69, 9.17) is 0 Å². The number of nitrogens with one attached hydrogen (secondary N) is 2. The molecule has 0 bridgehead atoms. The summed E-state index contributed by atoms with van der Waals surface area (Å²) in [6, 6.07) is 9.41. The molecule has 2 N–H and O–H groups in total. The highest BCUT2D eigenvalue weighted by Gasteiger charge is 2.38. The van der Waals surface area contributed by atoms with Crippen LogP contribution < -0.4 is 10.6 Å². The topological polar surface area (TPSA) is 141 Å². The van der Waals surface area contributed by atoms with E-state index in [-0.39, 0.29) is 46.3 Å². The Morgan fingerprint density at radius 2 is 1.68 bits per heavy atom. The highest BCUT2D eigenvalue weighted by atomic mass is 19.1. The number of nitrogens with zero attached hydrogens (tertiary/aromatic N) is 8. The molecule has 5 aromatic rings. The number of hydrogen-bond donors (Lipinski definition) is 2. The van der Waals surface area contributed by atoms with Crippen molar-refractivity contribution in [2.24, 2.45) is 0 Å². The summed E-state index contributed by atoms with van der Waals surface area (Å²) in [6.45, 7) is 10.9. The first-order valence-corrected chi connectivity index (χ1v) is 19.2. The number of hydrogen-bond acceptors (Lipinski definition) is 11. The average Bonchev–Trinajstić information content (AvgIpc) is 3.73. The number of benzene rings is 2. The maximum atomic E-state index is 15.3. The monoisotopic (exact) mass is 780 g/mol. The largest absolute Gasteiger partial charge is 0.330 e. The number of anilines is 2. The summed E-state index contributed by atoms with van der Waals surface area (Å²) in [5.74, 6) is -1.32. The van der Waals surface area contributed by atoms with Crippen LogP contribution in [0.5, 0.6) is 0 Å². The Balaban J connectivity index is 0.847. The van der Waals surface area contributed by atoms with Crippen LogP contribution >= 0.6 is 0 Å². The Morgan fingerprint density at radius 1 is 0.930 bits per heavy atom. The minimum absolute atomic E-state index is 0.0278. The predicted octanol–water partition coefficient (Wildman–Crippen LogP) is 5.10. The minimum Gasteiger partial charge on any atom is -0.330 e. The molecule has 8 rings (SSSR count). The summed E-state index contributed by atoms with van der Waals surface area (Å²) in [7, 11) is 0. The summed E-state index contributed by atoms with van der Waals surface area (Å²) in [6.07, 6.45) is 4.16. The Hall–Kier alpha value is -5.58. The number of aromatic nitrogens is 5. The van der Waals surface area contributed by atoms with E-state index in [1.54, 1.807) is 23.2 Å². The van der Waals surface area contributed by atoms with Crippen LogP contribution in [0.2, 0.25) is 0 Å². The summed E-state index contributed by atoms with van der Waals surface area (Å²) in [4.78, 5) is 59.4. The minimum atomic E-state index is -0.682.